The Bertz CT molecular complexity index is 1580. The molecule has 0 amide bonds. The number of benzene rings is 4. The van der Waals surface area contributed by atoms with Gasteiger partial charge in [0.15, 0.2) is 0 Å². The first-order valence-corrected chi connectivity index (χ1v) is 18.1. The van der Waals surface area contributed by atoms with Gasteiger partial charge in [-0.25, -0.2) is 0 Å². The molecule has 256 valence electrons. The third-order valence-electron chi connectivity index (χ3n) is 11.4. The molecule has 0 heterocycles. The van der Waals surface area contributed by atoms with Gasteiger partial charge in [-0.3, -0.25) is 0 Å². The van der Waals surface area contributed by atoms with Crippen LogP contribution in [0.5, 0.6) is 23.0 Å². The highest BCUT2D eigenvalue weighted by Gasteiger charge is 2.29. The summed E-state index contributed by atoms with van der Waals surface area (Å²) >= 11 is 0. The maximum atomic E-state index is 10.5. The van der Waals surface area contributed by atoms with E-state index in [0.717, 1.165) is 33.4 Å². The van der Waals surface area contributed by atoms with Crippen molar-refractivity contribution in [1.29, 1.82) is 0 Å². The second-order valence-electron chi connectivity index (χ2n) is 15.5. The lowest BCUT2D eigenvalue weighted by molar-refractivity contribution is 0.412. The normalized spacial score (nSPS) is 16.3. The Morgan fingerprint density at radius 3 is 1.02 bits per heavy atom. The van der Waals surface area contributed by atoms with E-state index in [-0.39, 0.29) is 10.8 Å². The largest absolute Gasteiger partial charge is 0.508 e. The predicted molar refractivity (Wildman–Crippen MR) is 198 cm³/mol. The number of phenolic OH excluding ortho intramolecular Hbond substituents is 4. The second kappa shape index (κ2) is 14.7. The first-order chi connectivity index (χ1) is 22.8. The molecule has 0 saturated heterocycles. The van der Waals surface area contributed by atoms with Crippen LogP contribution in [0, 0.1) is 13.8 Å². The molecule has 0 spiro atoms. The van der Waals surface area contributed by atoms with Crippen LogP contribution in [0.4, 0.5) is 0 Å². The van der Waals surface area contributed by atoms with Gasteiger partial charge >= 0.3 is 0 Å². The highest BCUT2D eigenvalue weighted by molar-refractivity contribution is 5.49. The van der Waals surface area contributed by atoms with Gasteiger partial charge in [-0.05, 0) is 120 Å². The SMILES string of the molecule is CC(C)(c1ccc(O)c(C2CCCCC2)c1)c1ccc(O)c(C2CCCCC2)c1.Cc1cc(C(C)(C)c2ccc(O)c(C)c2)ccc1O. The van der Waals surface area contributed by atoms with E-state index < -0.39 is 0 Å². The number of hydrogen-bond acceptors (Lipinski definition) is 4. The summed E-state index contributed by atoms with van der Waals surface area (Å²) in [7, 11) is 0. The molecule has 0 radical (unpaired) electrons. The average molecular weight is 649 g/mol. The number of phenols is 4. The molecular weight excluding hydrogens is 592 g/mol. The summed E-state index contributed by atoms with van der Waals surface area (Å²) in [5.74, 6) is 2.51. The first kappa shape index (κ1) is 35.4. The van der Waals surface area contributed by atoms with Gasteiger partial charge in [0.2, 0.25) is 0 Å². The van der Waals surface area contributed by atoms with Crippen molar-refractivity contribution in [2.45, 2.75) is 128 Å². The zero-order valence-electron chi connectivity index (χ0n) is 29.9. The zero-order chi connectivity index (χ0) is 34.6. The van der Waals surface area contributed by atoms with Crippen molar-refractivity contribution in [1.82, 2.24) is 0 Å². The van der Waals surface area contributed by atoms with E-state index in [1.807, 2.05) is 50.2 Å². The summed E-state index contributed by atoms with van der Waals surface area (Å²) in [6.07, 6.45) is 12.4. The molecule has 2 fully saturated rings. The minimum absolute atomic E-state index is 0.170. The quantitative estimate of drug-likeness (QED) is 0.168. The van der Waals surface area contributed by atoms with E-state index in [2.05, 4.69) is 52.0 Å². The molecule has 4 N–H and O–H groups in total. The Kier molecular flexibility index (Phi) is 10.8. The smallest absolute Gasteiger partial charge is 0.119 e. The predicted octanol–water partition coefficient (Wildman–Crippen LogP) is 11.6. The third kappa shape index (κ3) is 7.69. The Morgan fingerprint density at radius 1 is 0.417 bits per heavy atom. The van der Waals surface area contributed by atoms with E-state index in [9.17, 15) is 20.4 Å². The summed E-state index contributed by atoms with van der Waals surface area (Å²) in [4.78, 5) is 0. The molecule has 4 aromatic rings. The monoisotopic (exact) mass is 648 g/mol. The highest BCUT2D eigenvalue weighted by Crippen LogP contribution is 2.43. The topological polar surface area (TPSA) is 80.9 Å². The number of aromatic hydroxyl groups is 4. The molecule has 2 saturated carbocycles. The molecule has 0 unspecified atom stereocenters. The second-order valence-corrected chi connectivity index (χ2v) is 15.5. The summed E-state index contributed by atoms with van der Waals surface area (Å²) in [5.41, 5.74) is 8.45. The van der Waals surface area contributed by atoms with Crippen LogP contribution in [0.15, 0.2) is 72.8 Å². The Hall–Kier alpha value is -3.92. The zero-order valence-corrected chi connectivity index (χ0v) is 29.9. The lowest BCUT2D eigenvalue weighted by Crippen LogP contribution is -2.20. The molecule has 0 atom stereocenters. The Labute approximate surface area is 288 Å². The highest BCUT2D eigenvalue weighted by atomic mass is 16.3. The maximum Gasteiger partial charge on any atom is 0.119 e. The third-order valence-corrected chi connectivity index (χ3v) is 11.4. The lowest BCUT2D eigenvalue weighted by atomic mass is 9.74. The maximum absolute atomic E-state index is 10.5. The van der Waals surface area contributed by atoms with Crippen LogP contribution < -0.4 is 0 Å². The van der Waals surface area contributed by atoms with Gasteiger partial charge in [0.1, 0.15) is 23.0 Å². The summed E-state index contributed by atoms with van der Waals surface area (Å²) in [6.45, 7) is 12.6. The van der Waals surface area contributed by atoms with E-state index in [4.69, 9.17) is 0 Å². The molecule has 6 rings (SSSR count). The van der Waals surface area contributed by atoms with E-state index >= 15 is 0 Å². The van der Waals surface area contributed by atoms with Crippen LogP contribution in [0.3, 0.4) is 0 Å². The van der Waals surface area contributed by atoms with Gasteiger partial charge in [0, 0.05) is 10.8 Å². The minimum Gasteiger partial charge on any atom is -0.508 e. The summed E-state index contributed by atoms with van der Waals surface area (Å²) in [5, 5.41) is 40.3. The minimum atomic E-state index is -0.172. The van der Waals surface area contributed by atoms with Gasteiger partial charge in [-0.2, -0.15) is 0 Å². The molecule has 4 aromatic carbocycles. The summed E-state index contributed by atoms with van der Waals surface area (Å²) < 4.78 is 0. The molecule has 0 bridgehead atoms. The molecule has 48 heavy (non-hydrogen) atoms. The molecule has 2 aliphatic carbocycles. The average Bonchev–Trinajstić information content (AvgIpc) is 3.08. The van der Waals surface area contributed by atoms with Crippen LogP contribution in [0.1, 0.15) is 148 Å². The number of hydrogen-bond donors (Lipinski definition) is 4. The van der Waals surface area contributed by atoms with Crippen molar-refractivity contribution in [3.63, 3.8) is 0 Å². The van der Waals surface area contributed by atoms with Crippen molar-refractivity contribution in [3.8, 4) is 23.0 Å². The van der Waals surface area contributed by atoms with Gasteiger partial charge in [-0.1, -0.05) is 115 Å². The molecule has 4 heteroatoms. The van der Waals surface area contributed by atoms with Crippen LogP contribution in [0.2, 0.25) is 0 Å². The Morgan fingerprint density at radius 2 is 0.708 bits per heavy atom. The molecule has 0 aliphatic heterocycles. The van der Waals surface area contributed by atoms with E-state index in [0.29, 0.717) is 34.8 Å². The Balaban J connectivity index is 0.000000206. The molecule has 2 aliphatic rings. The van der Waals surface area contributed by atoms with Crippen molar-refractivity contribution in [3.05, 3.63) is 117 Å². The van der Waals surface area contributed by atoms with Gasteiger partial charge in [-0.15, -0.1) is 0 Å². The fourth-order valence-corrected chi connectivity index (χ4v) is 7.79. The van der Waals surface area contributed by atoms with E-state index in [1.54, 1.807) is 12.1 Å². The molecule has 0 aromatic heterocycles. The lowest BCUT2D eigenvalue weighted by Gasteiger charge is -2.31. The van der Waals surface area contributed by atoms with Crippen LogP contribution in [-0.2, 0) is 10.8 Å². The van der Waals surface area contributed by atoms with E-state index in [1.165, 1.54) is 75.3 Å². The number of aryl methyl sites for hydroxylation is 2. The summed E-state index contributed by atoms with van der Waals surface area (Å²) in [6, 6.07) is 23.8. The fraction of sp³-hybridized carbons (Fsp3) is 0.455. The first-order valence-electron chi connectivity index (χ1n) is 18.1. The van der Waals surface area contributed by atoms with Gasteiger partial charge < -0.3 is 20.4 Å². The van der Waals surface area contributed by atoms with Gasteiger partial charge in [0.05, 0.1) is 0 Å². The van der Waals surface area contributed by atoms with Crippen LogP contribution in [0.25, 0.3) is 0 Å². The standard InChI is InChI=1S/C27H36O2.C17H20O2/c1-27(2,21-13-15-25(28)23(17-21)19-9-5-3-6-10-19)22-14-16-26(29)24(18-22)20-11-7-4-8-12-20;1-11-9-13(5-7-15(11)18)17(3,4)14-6-8-16(19)12(2)10-14/h13-20,28-29H,3-12H2,1-2H3;5-10,18-19H,1-4H3. The van der Waals surface area contributed by atoms with Crippen LogP contribution in [-0.4, -0.2) is 20.4 Å². The molecular formula is C44H56O4. The van der Waals surface area contributed by atoms with Crippen LogP contribution >= 0.6 is 0 Å². The molecule has 4 nitrogen and oxygen atoms in total. The van der Waals surface area contributed by atoms with Crippen molar-refractivity contribution < 1.29 is 20.4 Å². The fourth-order valence-electron chi connectivity index (χ4n) is 7.79. The van der Waals surface area contributed by atoms with Crippen molar-refractivity contribution >= 4 is 0 Å². The van der Waals surface area contributed by atoms with Crippen molar-refractivity contribution in [2.24, 2.45) is 0 Å². The van der Waals surface area contributed by atoms with Crippen molar-refractivity contribution in [2.75, 3.05) is 0 Å². The number of rotatable bonds is 6. The van der Waals surface area contributed by atoms with Gasteiger partial charge in [0.25, 0.3) is 0 Å².